The third-order valence-electron chi connectivity index (χ3n) is 5.88. The van der Waals surface area contributed by atoms with E-state index in [-0.39, 0.29) is 26.1 Å². The van der Waals surface area contributed by atoms with Crippen LogP contribution in [0, 0.1) is 5.41 Å². The first-order valence-corrected chi connectivity index (χ1v) is 10.9. The molecular weight excluding hydrogens is 448 g/mol. The summed E-state index contributed by atoms with van der Waals surface area (Å²) in [6.45, 7) is 5.95. The largest absolute Gasteiger partial charge is 0.496 e. The number of carbonyl (C=O) groups excluding carboxylic acids is 2. The maximum atomic E-state index is 13.2. The molecule has 5 nitrogen and oxygen atoms in total. The van der Waals surface area contributed by atoms with E-state index in [2.05, 4.69) is 28.9 Å². The lowest BCUT2D eigenvalue weighted by molar-refractivity contribution is -0.174. The van der Waals surface area contributed by atoms with Crippen molar-refractivity contribution in [1.82, 2.24) is 0 Å². The molecule has 0 radical (unpaired) electrons. The molecule has 1 atom stereocenters. The molecule has 30 heavy (non-hydrogen) atoms. The number of carbonyl (C=O) groups is 2. The van der Waals surface area contributed by atoms with Gasteiger partial charge in [-0.05, 0) is 71.4 Å². The molecule has 1 unspecified atom stereocenters. The van der Waals surface area contributed by atoms with Crippen molar-refractivity contribution in [2.75, 3.05) is 20.3 Å². The number of rotatable bonds is 6. The van der Waals surface area contributed by atoms with E-state index >= 15 is 0 Å². The molecule has 2 aromatic rings. The van der Waals surface area contributed by atoms with Crippen molar-refractivity contribution >= 4 is 27.9 Å². The molecule has 0 amide bonds. The van der Waals surface area contributed by atoms with Gasteiger partial charge in [-0.2, -0.15) is 0 Å². The summed E-state index contributed by atoms with van der Waals surface area (Å²) in [4.78, 5) is 26.4. The molecule has 0 heterocycles. The second-order valence-electron chi connectivity index (χ2n) is 7.72. The maximum absolute atomic E-state index is 13.2. The molecular formula is C24H27BrO5. The first-order valence-electron chi connectivity index (χ1n) is 10.1. The Balaban J connectivity index is 2.23. The van der Waals surface area contributed by atoms with Crippen molar-refractivity contribution in [3.8, 4) is 5.75 Å². The first kappa shape index (κ1) is 22.3. The molecule has 0 saturated heterocycles. The highest BCUT2D eigenvalue weighted by Gasteiger charge is 2.57. The van der Waals surface area contributed by atoms with E-state index in [1.807, 2.05) is 36.4 Å². The van der Waals surface area contributed by atoms with Crippen LogP contribution < -0.4 is 4.74 Å². The van der Waals surface area contributed by atoms with Crippen LogP contribution in [-0.4, -0.2) is 32.3 Å². The lowest BCUT2D eigenvalue weighted by Gasteiger charge is -2.45. The second kappa shape index (κ2) is 8.80. The highest BCUT2D eigenvalue weighted by atomic mass is 79.9. The van der Waals surface area contributed by atoms with Crippen molar-refractivity contribution in [2.24, 2.45) is 5.41 Å². The van der Waals surface area contributed by atoms with Gasteiger partial charge in [-0.1, -0.05) is 37.3 Å². The molecule has 0 bridgehead atoms. The van der Waals surface area contributed by atoms with Gasteiger partial charge in [0.2, 0.25) is 0 Å². The number of ether oxygens (including phenoxy) is 3. The Bertz CT molecular complexity index is 936. The third-order valence-corrected chi connectivity index (χ3v) is 6.50. The van der Waals surface area contributed by atoms with Gasteiger partial charge in [0.05, 0.1) is 24.8 Å². The van der Waals surface area contributed by atoms with Crippen molar-refractivity contribution in [3.05, 3.63) is 63.6 Å². The van der Waals surface area contributed by atoms with Crippen LogP contribution in [0.2, 0.25) is 0 Å². The quantitative estimate of drug-likeness (QED) is 0.443. The van der Waals surface area contributed by atoms with Gasteiger partial charge in [0.1, 0.15) is 5.75 Å². The number of hydrogen-bond donors (Lipinski definition) is 0. The smallest absolute Gasteiger partial charge is 0.323 e. The summed E-state index contributed by atoms with van der Waals surface area (Å²) in [5.74, 6) is -0.345. The van der Waals surface area contributed by atoms with Gasteiger partial charge in [-0.15, -0.1) is 0 Å². The topological polar surface area (TPSA) is 61.8 Å². The number of halogens is 1. The van der Waals surface area contributed by atoms with Crippen molar-refractivity contribution < 1.29 is 23.8 Å². The van der Waals surface area contributed by atoms with E-state index in [1.54, 1.807) is 21.0 Å². The molecule has 0 spiro atoms. The van der Waals surface area contributed by atoms with Crippen LogP contribution in [0.1, 0.15) is 43.9 Å². The molecule has 1 aliphatic carbocycles. The van der Waals surface area contributed by atoms with Gasteiger partial charge in [0.25, 0.3) is 0 Å². The van der Waals surface area contributed by atoms with Gasteiger partial charge >= 0.3 is 11.9 Å². The minimum atomic E-state index is -1.40. The van der Waals surface area contributed by atoms with Crippen LogP contribution >= 0.6 is 15.9 Å². The molecule has 0 aromatic heterocycles. The van der Waals surface area contributed by atoms with Crippen LogP contribution in [-0.2, 0) is 30.9 Å². The summed E-state index contributed by atoms with van der Waals surface area (Å²) in [5, 5.41) is 0. The average Bonchev–Trinajstić information content (AvgIpc) is 2.73. The molecule has 0 aliphatic heterocycles. The Hall–Kier alpha value is -2.34. The number of methoxy groups -OCH3 is 1. The first-order chi connectivity index (χ1) is 14.3. The molecule has 6 heteroatoms. The van der Waals surface area contributed by atoms with E-state index in [0.29, 0.717) is 5.75 Å². The lowest BCUT2D eigenvalue weighted by Crippen LogP contribution is -2.51. The Labute approximate surface area is 185 Å². The Kier molecular flexibility index (Phi) is 6.56. The Morgan fingerprint density at radius 3 is 2.23 bits per heavy atom. The molecule has 0 N–H and O–H groups in total. The minimum Gasteiger partial charge on any atom is -0.496 e. The molecule has 0 saturated carbocycles. The number of esters is 2. The van der Waals surface area contributed by atoms with E-state index in [9.17, 15) is 9.59 Å². The van der Waals surface area contributed by atoms with Gasteiger partial charge in [-0.25, -0.2) is 0 Å². The van der Waals surface area contributed by atoms with Crippen LogP contribution in [0.5, 0.6) is 5.75 Å². The van der Waals surface area contributed by atoms with E-state index in [4.69, 9.17) is 14.2 Å². The van der Waals surface area contributed by atoms with Crippen LogP contribution in [0.3, 0.4) is 0 Å². The summed E-state index contributed by atoms with van der Waals surface area (Å²) in [6, 6.07) is 13.8. The Morgan fingerprint density at radius 1 is 1.03 bits per heavy atom. The summed E-state index contributed by atoms with van der Waals surface area (Å²) in [7, 11) is 1.62. The molecule has 0 fully saturated rings. The van der Waals surface area contributed by atoms with Gasteiger partial charge < -0.3 is 14.2 Å². The fourth-order valence-electron chi connectivity index (χ4n) is 4.48. The fraction of sp³-hybridized carbons (Fsp3) is 0.417. The number of hydrogen-bond acceptors (Lipinski definition) is 5. The SMILES string of the molecule is CCOC(=O)C1(C(=O)OCC)Cc2ccccc2C(C)(c2ccc(OC)c(Br)c2)C1. The summed E-state index contributed by atoms with van der Waals surface area (Å²) < 4.78 is 17.0. The predicted molar refractivity (Wildman–Crippen MR) is 118 cm³/mol. The van der Waals surface area contributed by atoms with Crippen molar-refractivity contribution in [3.63, 3.8) is 0 Å². The summed E-state index contributed by atoms with van der Waals surface area (Å²) in [6.07, 6.45) is 0.515. The second-order valence-corrected chi connectivity index (χ2v) is 8.57. The zero-order valence-electron chi connectivity index (χ0n) is 17.8. The standard InChI is InChI=1S/C24H27BrO5/c1-5-29-21(26)24(22(27)30-6-2)14-16-9-7-8-10-18(16)23(3,15-24)17-11-12-20(28-4)19(25)13-17/h7-13H,5-6,14-15H2,1-4H3. The highest BCUT2D eigenvalue weighted by Crippen LogP contribution is 2.51. The molecule has 1 aliphatic rings. The predicted octanol–water partition coefficient (Wildman–Crippen LogP) is 4.82. The zero-order valence-corrected chi connectivity index (χ0v) is 19.4. The molecule has 160 valence electrons. The zero-order chi connectivity index (χ0) is 21.9. The normalized spacial score (nSPS) is 19.5. The average molecular weight is 475 g/mol. The molecule has 3 rings (SSSR count). The molecule has 2 aromatic carbocycles. The maximum Gasteiger partial charge on any atom is 0.323 e. The van der Waals surface area contributed by atoms with Crippen LogP contribution in [0.15, 0.2) is 46.9 Å². The van der Waals surface area contributed by atoms with Gasteiger partial charge in [-0.3, -0.25) is 9.59 Å². The minimum absolute atomic E-state index is 0.201. The number of fused-ring (bicyclic) bond motifs is 1. The van der Waals surface area contributed by atoms with Crippen molar-refractivity contribution in [1.29, 1.82) is 0 Å². The third kappa shape index (κ3) is 3.73. The fourth-order valence-corrected chi connectivity index (χ4v) is 5.02. The Morgan fingerprint density at radius 2 is 1.67 bits per heavy atom. The van der Waals surface area contributed by atoms with Crippen molar-refractivity contribution in [2.45, 2.75) is 39.0 Å². The van der Waals surface area contributed by atoms with E-state index < -0.39 is 22.8 Å². The lowest BCUT2D eigenvalue weighted by atomic mass is 9.58. The van der Waals surface area contributed by atoms with Crippen LogP contribution in [0.4, 0.5) is 0 Å². The highest BCUT2D eigenvalue weighted by molar-refractivity contribution is 9.10. The van der Waals surface area contributed by atoms with Crippen LogP contribution in [0.25, 0.3) is 0 Å². The number of benzene rings is 2. The van der Waals surface area contributed by atoms with E-state index in [0.717, 1.165) is 21.2 Å². The summed E-state index contributed by atoms with van der Waals surface area (Å²) >= 11 is 3.57. The van der Waals surface area contributed by atoms with E-state index in [1.165, 1.54) is 0 Å². The van der Waals surface area contributed by atoms with Gasteiger partial charge in [0.15, 0.2) is 5.41 Å². The monoisotopic (exact) mass is 474 g/mol. The summed E-state index contributed by atoms with van der Waals surface area (Å²) in [5.41, 5.74) is 0.996. The van der Waals surface area contributed by atoms with Gasteiger partial charge in [0, 0.05) is 5.41 Å².